The number of likely N-dealkylation sites (tertiary alicyclic amines) is 2. The summed E-state index contributed by atoms with van der Waals surface area (Å²) >= 11 is 1.39. The third kappa shape index (κ3) is 32.6. The molecule has 37 heteroatoms. The number of carbonyl (C=O) groups excluding carboxylic acids is 15. The van der Waals surface area contributed by atoms with Crippen molar-refractivity contribution < 1.29 is 71.9 Å². The zero-order valence-corrected chi connectivity index (χ0v) is 62.8. The first-order valence-corrected chi connectivity index (χ1v) is 38.1. The van der Waals surface area contributed by atoms with Crippen LogP contribution in [0.1, 0.15) is 141 Å². The molecule has 2 saturated heterocycles. The van der Waals surface area contributed by atoms with Crippen molar-refractivity contribution in [1.82, 2.24) is 63.0 Å². The average Bonchev–Trinajstić information content (AvgIpc) is 1.64. The molecular weight excluding hydrogens is 1420 g/mol. The highest BCUT2D eigenvalue weighted by atomic mass is 32.2. The lowest BCUT2D eigenvalue weighted by atomic mass is 10.0. The number of thioether (sulfide) groups is 1. The van der Waals surface area contributed by atoms with Crippen LogP contribution < -0.4 is 99.0 Å². The van der Waals surface area contributed by atoms with Crippen LogP contribution in [0.4, 0.5) is 0 Å². The predicted octanol–water partition coefficient (Wildman–Crippen LogP) is -4.98. The first-order valence-electron chi connectivity index (χ1n) is 36.7. The Morgan fingerprint density at radius 1 is 0.472 bits per heavy atom. The quantitative estimate of drug-likeness (QED) is 0.0168. The number of nitrogens with zero attached hydrogens (tertiary/aromatic N) is 3. The third-order valence-corrected chi connectivity index (χ3v) is 18.7. The van der Waals surface area contributed by atoms with E-state index in [4.69, 9.17) is 45.9 Å². The topological polar surface area (TPSA) is 603 Å². The minimum Gasteiger partial charge on any atom is -0.370 e. The van der Waals surface area contributed by atoms with E-state index >= 15 is 0 Å². The summed E-state index contributed by atoms with van der Waals surface area (Å²) in [7, 11) is 0. The van der Waals surface area contributed by atoms with Crippen LogP contribution in [0.15, 0.2) is 65.7 Å². The molecule has 108 heavy (non-hydrogen) atoms. The summed E-state index contributed by atoms with van der Waals surface area (Å²) in [5, 5.41) is 26.1. The molecular formula is C71H113N21O15S. The molecule has 11 unspecified atom stereocenters. The molecule has 0 bridgehead atoms. The van der Waals surface area contributed by atoms with Crippen molar-refractivity contribution >= 4 is 106 Å². The molecule has 0 spiro atoms. The number of aliphatic imine (C=N–C) groups is 1. The zero-order valence-electron chi connectivity index (χ0n) is 62.0. The number of unbranched alkanes of at least 4 members (excludes halogenated alkanes) is 2. The van der Waals surface area contributed by atoms with Crippen molar-refractivity contribution in [3.63, 3.8) is 0 Å². The number of carbonyl (C=O) groups is 15. The third-order valence-electron chi connectivity index (χ3n) is 18.1. The summed E-state index contributed by atoms with van der Waals surface area (Å²) in [4.78, 5) is 213. The fourth-order valence-electron chi connectivity index (χ4n) is 12.3. The Morgan fingerprint density at radius 3 is 1.35 bits per heavy atom. The molecule has 0 radical (unpaired) electrons. The number of benzene rings is 2. The van der Waals surface area contributed by atoms with Gasteiger partial charge in [0.15, 0.2) is 5.96 Å². The van der Waals surface area contributed by atoms with E-state index in [0.717, 1.165) is 0 Å². The molecule has 26 N–H and O–H groups in total. The maximum atomic E-state index is 14.8. The van der Waals surface area contributed by atoms with E-state index in [0.29, 0.717) is 68.4 Å². The molecule has 0 saturated carbocycles. The number of hydrogen-bond acceptors (Lipinski definition) is 20. The van der Waals surface area contributed by atoms with Crippen molar-refractivity contribution in [2.24, 2.45) is 56.8 Å². The molecule has 598 valence electrons. The van der Waals surface area contributed by atoms with E-state index in [9.17, 15) is 71.9 Å². The zero-order chi connectivity index (χ0) is 79.8. The van der Waals surface area contributed by atoms with E-state index in [1.807, 2.05) is 0 Å². The number of nitrogens with one attached hydrogen (secondary N) is 10. The number of guanidine groups is 1. The Hall–Kier alpha value is -10.0. The average molecular weight is 1530 g/mol. The molecule has 11 atom stereocenters. The summed E-state index contributed by atoms with van der Waals surface area (Å²) < 4.78 is 0. The Morgan fingerprint density at radius 2 is 0.889 bits per heavy atom. The van der Waals surface area contributed by atoms with Gasteiger partial charge in [0.25, 0.3) is 0 Å². The van der Waals surface area contributed by atoms with E-state index < -0.39 is 194 Å². The Kier molecular flexibility index (Phi) is 40.4. The summed E-state index contributed by atoms with van der Waals surface area (Å²) in [6, 6.07) is 2.82. The highest BCUT2D eigenvalue weighted by molar-refractivity contribution is 7.98. The largest absolute Gasteiger partial charge is 0.370 e. The van der Waals surface area contributed by atoms with E-state index in [1.165, 1.54) is 21.6 Å². The second kappa shape index (κ2) is 48.3. The highest BCUT2D eigenvalue weighted by Crippen LogP contribution is 2.24. The molecule has 2 fully saturated rings. The first kappa shape index (κ1) is 90.4. The molecule has 15 amide bonds. The summed E-state index contributed by atoms with van der Waals surface area (Å²) in [6.45, 7) is 3.50. The number of amides is 15. The molecule has 2 aliphatic rings. The van der Waals surface area contributed by atoms with Gasteiger partial charge in [-0.2, -0.15) is 11.8 Å². The van der Waals surface area contributed by atoms with Gasteiger partial charge >= 0.3 is 0 Å². The van der Waals surface area contributed by atoms with Gasteiger partial charge in [0, 0.05) is 45.3 Å². The van der Waals surface area contributed by atoms with Crippen molar-refractivity contribution in [2.45, 2.75) is 209 Å². The van der Waals surface area contributed by atoms with E-state index in [2.05, 4.69) is 58.2 Å². The van der Waals surface area contributed by atoms with Gasteiger partial charge in [-0.05, 0) is 145 Å². The molecule has 2 aromatic carbocycles. The molecule has 4 rings (SSSR count). The summed E-state index contributed by atoms with van der Waals surface area (Å²) in [5.74, 6) is -11.8. The molecule has 0 aromatic heterocycles. The minimum atomic E-state index is -1.68. The monoisotopic (exact) mass is 1530 g/mol. The van der Waals surface area contributed by atoms with Gasteiger partial charge in [-0.1, -0.05) is 74.5 Å². The number of rotatable bonds is 50. The Labute approximate surface area is 633 Å². The molecule has 36 nitrogen and oxygen atoms in total. The number of primary amides is 3. The van der Waals surface area contributed by atoms with Gasteiger partial charge in [-0.15, -0.1) is 0 Å². The second-order valence-corrected chi connectivity index (χ2v) is 28.2. The van der Waals surface area contributed by atoms with E-state index in [-0.39, 0.29) is 95.8 Å². The maximum Gasteiger partial charge on any atom is 0.245 e. The lowest BCUT2D eigenvalue weighted by molar-refractivity contribution is -0.144. The van der Waals surface area contributed by atoms with Crippen molar-refractivity contribution in [3.8, 4) is 0 Å². The highest BCUT2D eigenvalue weighted by Gasteiger charge is 2.43. The van der Waals surface area contributed by atoms with Crippen molar-refractivity contribution in [1.29, 1.82) is 0 Å². The van der Waals surface area contributed by atoms with Crippen LogP contribution in [0, 0.1) is 5.92 Å². The van der Waals surface area contributed by atoms with Crippen molar-refractivity contribution in [2.75, 3.05) is 57.8 Å². The van der Waals surface area contributed by atoms with Crippen LogP contribution in [0.5, 0.6) is 0 Å². The lowest BCUT2D eigenvalue weighted by Gasteiger charge is -2.32. The first-order chi connectivity index (χ1) is 51.5. The van der Waals surface area contributed by atoms with Crippen LogP contribution >= 0.6 is 11.8 Å². The van der Waals surface area contributed by atoms with Gasteiger partial charge in [-0.25, -0.2) is 0 Å². The molecule has 2 heterocycles. The number of hydrogen-bond donors (Lipinski definition) is 18. The van der Waals surface area contributed by atoms with Gasteiger partial charge < -0.3 is 109 Å². The second-order valence-electron chi connectivity index (χ2n) is 27.2. The van der Waals surface area contributed by atoms with Gasteiger partial charge in [0.1, 0.15) is 60.4 Å². The van der Waals surface area contributed by atoms with Gasteiger partial charge in [0.05, 0.1) is 19.1 Å². The fraction of sp³-hybridized carbons (Fsp3) is 0.606. The van der Waals surface area contributed by atoms with Gasteiger partial charge in [-0.3, -0.25) is 76.9 Å². The van der Waals surface area contributed by atoms with Gasteiger partial charge in [0.2, 0.25) is 88.6 Å². The van der Waals surface area contributed by atoms with Crippen LogP contribution in [0.2, 0.25) is 0 Å². The molecule has 2 aromatic rings. The minimum absolute atomic E-state index is 0.0580. The summed E-state index contributed by atoms with van der Waals surface area (Å²) in [6.07, 6.45) is 3.92. The smallest absolute Gasteiger partial charge is 0.245 e. The predicted molar refractivity (Wildman–Crippen MR) is 403 cm³/mol. The summed E-state index contributed by atoms with van der Waals surface area (Å²) in [5.41, 5.74) is 46.1. The fourth-order valence-corrected chi connectivity index (χ4v) is 12.8. The van der Waals surface area contributed by atoms with Crippen LogP contribution in [-0.4, -0.2) is 229 Å². The normalized spacial score (nSPS) is 16.4. The van der Waals surface area contributed by atoms with Crippen LogP contribution in [0.3, 0.4) is 0 Å². The maximum absolute atomic E-state index is 14.8. The SMILES string of the molecule is CSCCC(NC(=O)C(CC(C)C)NC(=O)CNC(=O)C(Cc1ccccc1)NC(=O)C(Cc1ccccc1)NC(=O)C(CCC(N)=O)NC(=O)C(CCC(N)=O)NC(=O)C1CCCN1C(=O)C(CCCCN)NC(=O)C1CCCN1C(=O)C(N)CCCN=C(N)N)C(=O)NCC(=O)NC(CCCCN)C(N)=O. The number of nitrogens with two attached hydrogens (primary N) is 8. The molecule has 2 aliphatic heterocycles. The Bertz CT molecular complexity index is 3370. The Balaban J connectivity index is 1.55. The van der Waals surface area contributed by atoms with Crippen LogP contribution in [-0.2, 0) is 84.8 Å². The molecule has 0 aliphatic carbocycles. The van der Waals surface area contributed by atoms with Crippen LogP contribution in [0.25, 0.3) is 0 Å². The van der Waals surface area contributed by atoms with E-state index in [1.54, 1.807) is 80.8 Å². The van der Waals surface area contributed by atoms with Crippen molar-refractivity contribution in [3.05, 3.63) is 71.8 Å². The standard InChI is InChI=1S/C71H113N21O15S/c1-42(2)37-51(65(102)86-49(30-36-108-3)61(98)81-40-58(95)83-46(60(77)97)22-10-12-31-72)84-59(96)41-82-62(99)52(38-43-17-6-4-7-18-43)89-66(103)53(39-44-19-8-5-9-20-44)90-64(101)47(26-28-56(75)93)85-63(100)48(27-29-57(76)94)87-67(104)55-25-16-35-92(55)70(107)50(23-11-13-32-73)88-68(105)54-24-15-34-91(54)69(106)45(74)21-14-33-80-71(78)79/h4-9,17-20,42,45-55H,10-16,21-41,72-74H2,1-3H3,(H2,75,93)(H2,76,94)(H2,77,97)(H,81,98)(H,82,99)(H,83,95)(H,84,96)(H,85,100)(H,86,102)(H,87,104)(H,88,105)(H,89,103)(H,90,101)(H4,78,79,80). The lowest BCUT2D eigenvalue weighted by Crippen LogP contribution is -2.60.